The highest BCUT2D eigenvalue weighted by atomic mass is 35.5. The van der Waals surface area contributed by atoms with Gasteiger partial charge in [0, 0.05) is 37.6 Å². The van der Waals surface area contributed by atoms with E-state index in [4.69, 9.17) is 0 Å². The third-order valence-corrected chi connectivity index (χ3v) is 4.99. The summed E-state index contributed by atoms with van der Waals surface area (Å²) in [6.45, 7) is 5.29. The monoisotopic (exact) mass is 338 g/mol. The smallest absolute Gasteiger partial charge is 0.237 e. The summed E-state index contributed by atoms with van der Waals surface area (Å²) < 4.78 is 0. The molecule has 6 heteroatoms. The molecule has 0 radical (unpaired) electrons. The van der Waals surface area contributed by atoms with Gasteiger partial charge in [-0.25, -0.2) is 0 Å². The molecule has 0 aliphatic carbocycles. The van der Waals surface area contributed by atoms with E-state index in [1.54, 1.807) is 0 Å². The topological polar surface area (TPSA) is 57.3 Å². The van der Waals surface area contributed by atoms with E-state index in [9.17, 15) is 4.79 Å². The predicted octanol–water partition coefficient (Wildman–Crippen LogP) is 1.90. The molecule has 2 atom stereocenters. The van der Waals surface area contributed by atoms with Crippen LogP contribution in [0.2, 0.25) is 0 Å². The van der Waals surface area contributed by atoms with Crippen LogP contribution in [0.25, 0.3) is 0 Å². The predicted molar refractivity (Wildman–Crippen MR) is 93.7 cm³/mol. The van der Waals surface area contributed by atoms with Gasteiger partial charge in [-0.1, -0.05) is 0 Å². The SMILES string of the molecule is CC(c1ccncc1)N1CCC(NC(=O)C2CCCN2)CC1.Cl. The lowest BCUT2D eigenvalue weighted by Crippen LogP contribution is -2.49. The van der Waals surface area contributed by atoms with Gasteiger partial charge in [0.05, 0.1) is 6.04 Å². The highest BCUT2D eigenvalue weighted by Gasteiger charge is 2.27. The maximum absolute atomic E-state index is 12.2. The van der Waals surface area contributed by atoms with Crippen LogP contribution in [-0.2, 0) is 4.79 Å². The number of hydrogen-bond acceptors (Lipinski definition) is 4. The molecule has 2 aliphatic heterocycles. The first-order valence-corrected chi connectivity index (χ1v) is 8.42. The lowest BCUT2D eigenvalue weighted by atomic mass is 10.0. The lowest BCUT2D eigenvalue weighted by Gasteiger charge is -2.36. The van der Waals surface area contributed by atoms with Gasteiger partial charge in [-0.2, -0.15) is 0 Å². The van der Waals surface area contributed by atoms with Gasteiger partial charge in [-0.15, -0.1) is 12.4 Å². The molecule has 5 nitrogen and oxygen atoms in total. The third-order valence-electron chi connectivity index (χ3n) is 4.99. The zero-order valence-corrected chi connectivity index (χ0v) is 14.5. The van der Waals surface area contributed by atoms with Crippen molar-refractivity contribution in [1.82, 2.24) is 20.5 Å². The van der Waals surface area contributed by atoms with Crippen molar-refractivity contribution in [1.29, 1.82) is 0 Å². The Labute approximate surface area is 144 Å². The average molecular weight is 339 g/mol. The second-order valence-electron chi connectivity index (χ2n) is 6.42. The van der Waals surface area contributed by atoms with Crippen LogP contribution in [-0.4, -0.2) is 47.5 Å². The number of nitrogens with one attached hydrogen (secondary N) is 2. The Balaban J connectivity index is 0.00000192. The minimum atomic E-state index is 0. The van der Waals surface area contributed by atoms with Gasteiger partial charge in [-0.05, 0) is 56.8 Å². The number of hydrogen-bond donors (Lipinski definition) is 2. The number of likely N-dealkylation sites (tertiary alicyclic amines) is 1. The Morgan fingerprint density at radius 2 is 2.00 bits per heavy atom. The van der Waals surface area contributed by atoms with Crippen molar-refractivity contribution in [3.63, 3.8) is 0 Å². The lowest BCUT2D eigenvalue weighted by molar-refractivity contribution is -0.123. The van der Waals surface area contributed by atoms with E-state index in [1.165, 1.54) is 5.56 Å². The zero-order valence-electron chi connectivity index (χ0n) is 13.7. The van der Waals surface area contributed by atoms with Gasteiger partial charge >= 0.3 is 0 Å². The molecule has 3 rings (SSSR count). The van der Waals surface area contributed by atoms with E-state index in [1.807, 2.05) is 12.4 Å². The number of amides is 1. The molecule has 2 saturated heterocycles. The first-order chi connectivity index (χ1) is 10.7. The standard InChI is InChI=1S/C17H26N4O.ClH/c1-13(14-4-9-18-10-5-14)21-11-6-15(7-12-21)20-17(22)16-3-2-8-19-16;/h4-5,9-10,13,15-16,19H,2-3,6-8,11-12H2,1H3,(H,20,22);1H. The molecule has 3 heterocycles. The minimum absolute atomic E-state index is 0. The van der Waals surface area contributed by atoms with Gasteiger partial charge in [0.1, 0.15) is 0 Å². The fraction of sp³-hybridized carbons (Fsp3) is 0.647. The number of halogens is 1. The first-order valence-electron chi connectivity index (χ1n) is 8.42. The van der Waals surface area contributed by atoms with E-state index in [0.29, 0.717) is 12.1 Å². The summed E-state index contributed by atoms with van der Waals surface area (Å²) in [5.41, 5.74) is 1.31. The van der Waals surface area contributed by atoms with Crippen LogP contribution in [0.15, 0.2) is 24.5 Å². The van der Waals surface area contributed by atoms with E-state index in [2.05, 4.69) is 39.6 Å². The number of pyridine rings is 1. The van der Waals surface area contributed by atoms with Gasteiger partial charge in [-0.3, -0.25) is 14.7 Å². The molecule has 1 aromatic rings. The summed E-state index contributed by atoms with van der Waals surface area (Å²) in [5, 5.41) is 6.49. The summed E-state index contributed by atoms with van der Waals surface area (Å²) in [5.74, 6) is 0.193. The Bertz CT molecular complexity index is 485. The molecule has 2 aliphatic rings. The quantitative estimate of drug-likeness (QED) is 0.880. The summed E-state index contributed by atoms with van der Waals surface area (Å²) in [7, 11) is 0. The molecule has 0 aromatic carbocycles. The molecule has 2 fully saturated rings. The molecule has 1 aromatic heterocycles. The van der Waals surface area contributed by atoms with Gasteiger partial charge < -0.3 is 10.6 Å². The van der Waals surface area contributed by atoms with Crippen LogP contribution in [0.1, 0.15) is 44.2 Å². The fourth-order valence-corrected chi connectivity index (χ4v) is 3.49. The molecule has 0 spiro atoms. The van der Waals surface area contributed by atoms with Crippen molar-refractivity contribution in [2.75, 3.05) is 19.6 Å². The van der Waals surface area contributed by atoms with Crippen LogP contribution in [0.3, 0.4) is 0 Å². The highest BCUT2D eigenvalue weighted by Crippen LogP contribution is 2.23. The Morgan fingerprint density at radius 1 is 1.30 bits per heavy atom. The highest BCUT2D eigenvalue weighted by molar-refractivity contribution is 5.85. The second-order valence-corrected chi connectivity index (χ2v) is 6.42. The third kappa shape index (κ3) is 4.66. The normalized spacial score (nSPS) is 24.0. The van der Waals surface area contributed by atoms with Crippen LogP contribution < -0.4 is 10.6 Å². The molecule has 0 saturated carbocycles. The second kappa shape index (κ2) is 8.62. The van der Waals surface area contributed by atoms with E-state index in [-0.39, 0.29) is 24.4 Å². The number of nitrogens with zero attached hydrogens (tertiary/aromatic N) is 2. The molecular formula is C17H27ClN4O. The van der Waals surface area contributed by atoms with E-state index in [0.717, 1.165) is 45.3 Å². The van der Waals surface area contributed by atoms with Gasteiger partial charge in [0.15, 0.2) is 0 Å². The van der Waals surface area contributed by atoms with Crippen LogP contribution >= 0.6 is 12.4 Å². The zero-order chi connectivity index (χ0) is 15.4. The number of carbonyl (C=O) groups is 1. The summed E-state index contributed by atoms with van der Waals surface area (Å²) in [6.07, 6.45) is 7.87. The maximum atomic E-state index is 12.2. The van der Waals surface area contributed by atoms with Crippen molar-refractivity contribution >= 4 is 18.3 Å². The van der Waals surface area contributed by atoms with Crippen molar-refractivity contribution in [3.05, 3.63) is 30.1 Å². The Hall–Kier alpha value is -1.17. The molecule has 23 heavy (non-hydrogen) atoms. The van der Waals surface area contributed by atoms with Crippen molar-refractivity contribution in [2.24, 2.45) is 0 Å². The number of aromatic nitrogens is 1. The molecule has 2 unspecified atom stereocenters. The Morgan fingerprint density at radius 3 is 2.61 bits per heavy atom. The number of carbonyl (C=O) groups excluding carboxylic acids is 1. The largest absolute Gasteiger partial charge is 0.352 e. The fourth-order valence-electron chi connectivity index (χ4n) is 3.49. The summed E-state index contributed by atoms with van der Waals surface area (Å²) in [6, 6.07) is 4.95. The van der Waals surface area contributed by atoms with Crippen molar-refractivity contribution in [3.8, 4) is 0 Å². The minimum Gasteiger partial charge on any atom is -0.352 e. The Kier molecular flexibility index (Phi) is 6.81. The molecule has 128 valence electrons. The maximum Gasteiger partial charge on any atom is 0.237 e. The molecule has 0 bridgehead atoms. The summed E-state index contributed by atoms with van der Waals surface area (Å²) in [4.78, 5) is 18.7. The van der Waals surface area contributed by atoms with Gasteiger partial charge in [0.2, 0.25) is 5.91 Å². The van der Waals surface area contributed by atoms with Crippen LogP contribution in [0.4, 0.5) is 0 Å². The van der Waals surface area contributed by atoms with Crippen molar-refractivity contribution < 1.29 is 4.79 Å². The molecular weight excluding hydrogens is 312 g/mol. The van der Waals surface area contributed by atoms with Crippen LogP contribution in [0, 0.1) is 0 Å². The van der Waals surface area contributed by atoms with E-state index >= 15 is 0 Å². The number of rotatable bonds is 4. The molecule has 1 amide bonds. The average Bonchev–Trinajstić information content (AvgIpc) is 3.10. The van der Waals surface area contributed by atoms with Crippen LogP contribution in [0.5, 0.6) is 0 Å². The number of piperidine rings is 1. The van der Waals surface area contributed by atoms with Gasteiger partial charge in [0.25, 0.3) is 0 Å². The molecule has 2 N–H and O–H groups in total. The van der Waals surface area contributed by atoms with Crippen molar-refractivity contribution in [2.45, 2.75) is 50.7 Å². The first kappa shape index (κ1) is 18.2. The van der Waals surface area contributed by atoms with E-state index < -0.39 is 0 Å². The summed E-state index contributed by atoms with van der Waals surface area (Å²) >= 11 is 0.